The van der Waals surface area contributed by atoms with Gasteiger partial charge in [-0.3, -0.25) is 0 Å². The van der Waals surface area contributed by atoms with Gasteiger partial charge in [-0.15, -0.1) is 0 Å². The predicted molar refractivity (Wildman–Crippen MR) is 68.2 cm³/mol. The van der Waals surface area contributed by atoms with Crippen LogP contribution in [0.15, 0.2) is 10.5 Å². The number of methoxy groups -OCH3 is 1. The quantitative estimate of drug-likeness (QED) is 0.919. The first-order chi connectivity index (χ1) is 7.17. The van der Waals surface area contributed by atoms with Crippen LogP contribution < -0.4 is 10.1 Å². The number of anilines is 1. The zero-order valence-corrected chi connectivity index (χ0v) is 11.1. The fourth-order valence-electron chi connectivity index (χ4n) is 1.40. The molecule has 1 N–H and O–H groups in total. The number of hydrogen-bond acceptors (Lipinski definition) is 4. The van der Waals surface area contributed by atoms with E-state index in [1.165, 1.54) is 5.56 Å². The lowest BCUT2D eigenvalue weighted by Crippen LogP contribution is -1.88. The third-order valence-corrected chi connectivity index (χ3v) is 4.27. The van der Waals surface area contributed by atoms with Crippen LogP contribution in [0.4, 0.5) is 5.13 Å². The number of aryl methyl sites for hydroxylation is 1. The van der Waals surface area contributed by atoms with E-state index in [9.17, 15) is 0 Å². The number of nitrogens with zero attached hydrogens (tertiary/aromatic N) is 1. The average Bonchev–Trinajstić information content (AvgIpc) is 2.67. The molecule has 0 aliphatic heterocycles. The minimum absolute atomic E-state index is 0.806. The lowest BCUT2D eigenvalue weighted by atomic mass is 10.2. The maximum Gasteiger partial charge on any atom is 0.183 e. The first-order valence-electron chi connectivity index (χ1n) is 4.48. The molecule has 15 heavy (non-hydrogen) atoms. The van der Waals surface area contributed by atoms with Gasteiger partial charge in [-0.2, -0.15) is 0 Å². The summed E-state index contributed by atoms with van der Waals surface area (Å²) in [6.45, 7) is 2.07. The van der Waals surface area contributed by atoms with Gasteiger partial charge in [-0.05, 0) is 18.6 Å². The van der Waals surface area contributed by atoms with Crippen LogP contribution in [0.1, 0.15) is 5.56 Å². The molecule has 0 aliphatic carbocycles. The fourth-order valence-corrected chi connectivity index (χ4v) is 2.88. The number of benzene rings is 1. The average molecular weight is 287 g/mol. The number of halogens is 1. The molecule has 80 valence electrons. The molecule has 0 bridgehead atoms. The van der Waals surface area contributed by atoms with Crippen LogP contribution in [0.25, 0.3) is 10.2 Å². The number of nitrogens with one attached hydrogen (secondary N) is 1. The van der Waals surface area contributed by atoms with Crippen molar-refractivity contribution in [2.24, 2.45) is 0 Å². The zero-order valence-electron chi connectivity index (χ0n) is 8.72. The van der Waals surface area contributed by atoms with Crippen molar-refractivity contribution in [3.05, 3.63) is 16.1 Å². The minimum atomic E-state index is 0.806. The van der Waals surface area contributed by atoms with Gasteiger partial charge in [-0.1, -0.05) is 27.3 Å². The summed E-state index contributed by atoms with van der Waals surface area (Å²) in [5.74, 6) is 0.806. The Morgan fingerprint density at radius 2 is 2.27 bits per heavy atom. The van der Waals surface area contributed by atoms with Gasteiger partial charge in [0.05, 0.1) is 11.8 Å². The standard InChI is InChI=1S/C10H11BrN2OS/c1-5-6(11)4-7(14-3)8-9(5)15-10(12-2)13-8/h4H,1-3H3,(H,12,13). The largest absolute Gasteiger partial charge is 0.494 e. The molecule has 0 saturated carbocycles. The Morgan fingerprint density at radius 1 is 1.53 bits per heavy atom. The van der Waals surface area contributed by atoms with Gasteiger partial charge in [0, 0.05) is 11.5 Å². The van der Waals surface area contributed by atoms with Gasteiger partial charge in [0.2, 0.25) is 0 Å². The van der Waals surface area contributed by atoms with Crippen molar-refractivity contribution in [2.75, 3.05) is 19.5 Å². The second kappa shape index (κ2) is 3.98. The van der Waals surface area contributed by atoms with Crippen LogP contribution in [0, 0.1) is 6.92 Å². The molecule has 0 fully saturated rings. The molecule has 0 atom stereocenters. The summed E-state index contributed by atoms with van der Waals surface area (Å²) in [5.41, 5.74) is 2.12. The van der Waals surface area contributed by atoms with Crippen LogP contribution in [0.2, 0.25) is 0 Å². The minimum Gasteiger partial charge on any atom is -0.494 e. The second-order valence-corrected chi connectivity index (χ2v) is 4.99. The topological polar surface area (TPSA) is 34.2 Å². The Bertz CT molecular complexity index is 510. The summed E-state index contributed by atoms with van der Waals surface area (Å²) < 4.78 is 7.52. The SMILES string of the molecule is CNc1nc2c(OC)cc(Br)c(C)c2s1. The summed E-state index contributed by atoms with van der Waals surface area (Å²) in [5, 5.41) is 3.96. The van der Waals surface area contributed by atoms with Gasteiger partial charge in [0.15, 0.2) is 5.13 Å². The lowest BCUT2D eigenvalue weighted by Gasteiger charge is -2.04. The van der Waals surface area contributed by atoms with Crippen molar-refractivity contribution in [2.45, 2.75) is 6.92 Å². The van der Waals surface area contributed by atoms with E-state index in [4.69, 9.17) is 4.74 Å². The first kappa shape index (κ1) is 10.7. The number of thiazole rings is 1. The summed E-state index contributed by atoms with van der Waals surface area (Å²) >= 11 is 5.15. The number of aromatic nitrogens is 1. The normalized spacial score (nSPS) is 10.7. The van der Waals surface area contributed by atoms with Gasteiger partial charge in [0.1, 0.15) is 11.3 Å². The van der Waals surface area contributed by atoms with Crippen LogP contribution in [0.3, 0.4) is 0 Å². The fraction of sp³-hybridized carbons (Fsp3) is 0.300. The molecule has 0 spiro atoms. The molecule has 1 aromatic heterocycles. The second-order valence-electron chi connectivity index (χ2n) is 3.13. The van der Waals surface area contributed by atoms with E-state index in [0.29, 0.717) is 0 Å². The lowest BCUT2D eigenvalue weighted by molar-refractivity contribution is 0.418. The third-order valence-electron chi connectivity index (χ3n) is 2.25. The molecule has 1 aromatic carbocycles. The highest BCUT2D eigenvalue weighted by Crippen LogP contribution is 2.38. The van der Waals surface area contributed by atoms with Crippen LogP contribution >= 0.6 is 27.3 Å². The molecule has 0 unspecified atom stereocenters. The zero-order chi connectivity index (χ0) is 11.0. The molecule has 1 heterocycles. The molecule has 3 nitrogen and oxygen atoms in total. The molecule has 0 saturated heterocycles. The molecule has 2 aromatic rings. The van der Waals surface area contributed by atoms with Gasteiger partial charge in [0.25, 0.3) is 0 Å². The molecule has 2 rings (SSSR count). The molecule has 0 radical (unpaired) electrons. The molecule has 0 amide bonds. The van der Waals surface area contributed by atoms with Crippen LogP contribution in [-0.2, 0) is 0 Å². The maximum absolute atomic E-state index is 5.31. The van der Waals surface area contributed by atoms with Crippen molar-refractivity contribution >= 4 is 42.6 Å². The summed E-state index contributed by atoms with van der Waals surface area (Å²) in [6, 6.07) is 1.96. The third kappa shape index (κ3) is 1.70. The Labute approximate surface area is 101 Å². The molecule has 5 heteroatoms. The predicted octanol–water partition coefficient (Wildman–Crippen LogP) is 3.42. The number of hydrogen-bond donors (Lipinski definition) is 1. The number of fused-ring (bicyclic) bond motifs is 1. The van der Waals surface area contributed by atoms with E-state index in [1.54, 1.807) is 18.4 Å². The van der Waals surface area contributed by atoms with Crippen molar-refractivity contribution in [3.8, 4) is 5.75 Å². The maximum atomic E-state index is 5.31. The van der Waals surface area contributed by atoms with E-state index in [-0.39, 0.29) is 0 Å². The first-order valence-corrected chi connectivity index (χ1v) is 6.09. The Kier molecular flexibility index (Phi) is 2.84. The van der Waals surface area contributed by atoms with Gasteiger partial charge >= 0.3 is 0 Å². The number of rotatable bonds is 2. The highest BCUT2D eigenvalue weighted by molar-refractivity contribution is 9.10. The molecule has 0 aliphatic rings. The summed E-state index contributed by atoms with van der Waals surface area (Å²) in [6.07, 6.45) is 0. The number of ether oxygens (including phenoxy) is 1. The van der Waals surface area contributed by atoms with E-state index < -0.39 is 0 Å². The van der Waals surface area contributed by atoms with Crippen molar-refractivity contribution < 1.29 is 4.74 Å². The van der Waals surface area contributed by atoms with Crippen molar-refractivity contribution in [3.63, 3.8) is 0 Å². The monoisotopic (exact) mass is 286 g/mol. The van der Waals surface area contributed by atoms with Gasteiger partial charge < -0.3 is 10.1 Å². The van der Waals surface area contributed by atoms with Crippen LogP contribution in [0.5, 0.6) is 5.75 Å². The molecular weight excluding hydrogens is 276 g/mol. The van der Waals surface area contributed by atoms with E-state index in [0.717, 1.165) is 25.6 Å². The van der Waals surface area contributed by atoms with E-state index in [1.807, 2.05) is 13.1 Å². The highest BCUT2D eigenvalue weighted by atomic mass is 79.9. The van der Waals surface area contributed by atoms with Crippen molar-refractivity contribution in [1.29, 1.82) is 0 Å². The summed E-state index contributed by atoms with van der Waals surface area (Å²) in [7, 11) is 3.53. The Balaban J connectivity index is 2.80. The Hall–Kier alpha value is -0.810. The van der Waals surface area contributed by atoms with E-state index >= 15 is 0 Å². The van der Waals surface area contributed by atoms with E-state index in [2.05, 4.69) is 33.2 Å². The Morgan fingerprint density at radius 3 is 2.87 bits per heavy atom. The smallest absolute Gasteiger partial charge is 0.183 e. The molecular formula is C10H11BrN2OS. The van der Waals surface area contributed by atoms with Crippen LogP contribution in [-0.4, -0.2) is 19.1 Å². The van der Waals surface area contributed by atoms with Crippen molar-refractivity contribution in [1.82, 2.24) is 4.98 Å². The summed E-state index contributed by atoms with van der Waals surface area (Å²) in [4.78, 5) is 4.47. The highest BCUT2D eigenvalue weighted by Gasteiger charge is 2.13. The van der Waals surface area contributed by atoms with Gasteiger partial charge in [-0.25, -0.2) is 4.98 Å².